The molecule has 0 fully saturated rings. The van der Waals surface area contributed by atoms with Gasteiger partial charge in [0.2, 0.25) is 23.2 Å². The van der Waals surface area contributed by atoms with Gasteiger partial charge in [0.05, 0.1) is 11.3 Å². The van der Waals surface area contributed by atoms with E-state index in [0.717, 1.165) is 12.1 Å². The molecule has 3 rings (SSSR count). The van der Waals surface area contributed by atoms with Crippen LogP contribution < -0.4 is 5.32 Å². The largest absolute Gasteiger partial charge is 0.432 e. The normalized spacial score (nSPS) is 13.9. The molecular weight excluding hydrogens is 332 g/mol. The van der Waals surface area contributed by atoms with Gasteiger partial charge in [-0.05, 0) is 26.2 Å². The summed E-state index contributed by atoms with van der Waals surface area (Å²) >= 11 is 0. The number of ketones is 2. The van der Waals surface area contributed by atoms with Crippen molar-refractivity contribution in [2.75, 3.05) is 27.2 Å². The van der Waals surface area contributed by atoms with Crippen molar-refractivity contribution in [1.29, 1.82) is 0 Å². The summed E-state index contributed by atoms with van der Waals surface area (Å²) in [4.78, 5) is 30.4. The molecule has 0 radical (unpaired) electrons. The summed E-state index contributed by atoms with van der Waals surface area (Å²) in [7, 11) is 3.75. The highest BCUT2D eigenvalue weighted by molar-refractivity contribution is 6.22. The van der Waals surface area contributed by atoms with Gasteiger partial charge in [0.1, 0.15) is 0 Å². The van der Waals surface area contributed by atoms with Crippen LogP contribution in [-0.2, 0) is 0 Å². The highest BCUT2D eigenvalue weighted by Gasteiger charge is 2.32. The fourth-order valence-corrected chi connectivity index (χ4v) is 2.36. The van der Waals surface area contributed by atoms with E-state index in [1.165, 1.54) is 12.1 Å². The lowest BCUT2D eigenvalue weighted by Crippen LogP contribution is -2.31. The maximum atomic E-state index is 13.9. The summed E-state index contributed by atoms with van der Waals surface area (Å²) < 4.78 is 32.5. The minimum absolute atomic E-state index is 0.0962. The number of oxazole rings is 1. The van der Waals surface area contributed by atoms with Crippen molar-refractivity contribution in [1.82, 2.24) is 15.2 Å². The van der Waals surface area contributed by atoms with Gasteiger partial charge in [-0.25, -0.2) is 13.8 Å². The molecule has 2 aromatic rings. The third-order valence-electron chi connectivity index (χ3n) is 3.64. The SMILES string of the molecule is CN(C)CCNC1=CC(=O)c2oc(-c3cccc(F)c3F)nc2C1=O. The van der Waals surface area contributed by atoms with Gasteiger partial charge in [-0.1, -0.05) is 6.07 Å². The minimum Gasteiger partial charge on any atom is -0.432 e. The average Bonchev–Trinajstić information content (AvgIpc) is 3.00. The van der Waals surface area contributed by atoms with Crippen LogP contribution >= 0.6 is 0 Å². The van der Waals surface area contributed by atoms with Crippen molar-refractivity contribution >= 4 is 11.6 Å². The number of benzene rings is 1. The van der Waals surface area contributed by atoms with Crippen LogP contribution in [0.2, 0.25) is 0 Å². The van der Waals surface area contributed by atoms with Crippen molar-refractivity contribution in [3.05, 3.63) is 53.1 Å². The molecular formula is C17H15F2N3O3. The number of allylic oxidation sites excluding steroid dienone is 2. The topological polar surface area (TPSA) is 75.4 Å². The van der Waals surface area contributed by atoms with Crippen molar-refractivity contribution in [3.8, 4) is 11.5 Å². The molecule has 25 heavy (non-hydrogen) atoms. The number of carbonyl (C=O) groups is 2. The van der Waals surface area contributed by atoms with Crippen LogP contribution in [0.3, 0.4) is 0 Å². The first kappa shape index (κ1) is 17.0. The standard InChI is InChI=1S/C17H15F2N3O3/c1-22(2)7-6-20-11-8-12(23)16-14(15(11)24)21-17(25-16)9-4-3-5-10(18)13(9)19/h3-5,8,20H,6-7H2,1-2H3. The smallest absolute Gasteiger partial charge is 0.231 e. The number of halogens is 2. The lowest BCUT2D eigenvalue weighted by Gasteiger charge is -2.14. The van der Waals surface area contributed by atoms with E-state index in [2.05, 4.69) is 10.3 Å². The van der Waals surface area contributed by atoms with Crippen LogP contribution in [0.4, 0.5) is 8.78 Å². The van der Waals surface area contributed by atoms with Gasteiger partial charge in [0.15, 0.2) is 17.3 Å². The lowest BCUT2D eigenvalue weighted by molar-refractivity contribution is 0.0960. The first-order valence-corrected chi connectivity index (χ1v) is 7.53. The van der Waals surface area contributed by atoms with Gasteiger partial charge in [-0.3, -0.25) is 9.59 Å². The monoisotopic (exact) mass is 347 g/mol. The maximum absolute atomic E-state index is 13.9. The van der Waals surface area contributed by atoms with E-state index in [1.54, 1.807) is 0 Å². The van der Waals surface area contributed by atoms with Gasteiger partial charge in [-0.2, -0.15) is 0 Å². The van der Waals surface area contributed by atoms with Gasteiger partial charge in [-0.15, -0.1) is 0 Å². The summed E-state index contributed by atoms with van der Waals surface area (Å²) in [6, 6.07) is 3.49. The van der Waals surface area contributed by atoms with Crippen LogP contribution in [0.25, 0.3) is 11.5 Å². The Labute approximate surface area is 142 Å². The Morgan fingerprint density at radius 3 is 2.72 bits per heavy atom. The van der Waals surface area contributed by atoms with Crippen molar-refractivity contribution in [3.63, 3.8) is 0 Å². The molecule has 130 valence electrons. The van der Waals surface area contributed by atoms with Crippen molar-refractivity contribution < 1.29 is 22.8 Å². The first-order valence-electron chi connectivity index (χ1n) is 7.53. The first-order chi connectivity index (χ1) is 11.9. The second-order valence-corrected chi connectivity index (χ2v) is 5.78. The van der Waals surface area contributed by atoms with E-state index in [0.29, 0.717) is 13.1 Å². The Bertz CT molecular complexity index is 887. The molecule has 1 aliphatic rings. The molecule has 1 aromatic carbocycles. The Hall–Kier alpha value is -2.87. The Morgan fingerprint density at radius 1 is 1.24 bits per heavy atom. The number of nitrogens with zero attached hydrogens (tertiary/aromatic N) is 2. The average molecular weight is 347 g/mol. The molecule has 0 unspecified atom stereocenters. The number of rotatable bonds is 5. The van der Waals surface area contributed by atoms with Gasteiger partial charge >= 0.3 is 0 Å². The van der Waals surface area contributed by atoms with E-state index in [1.807, 2.05) is 19.0 Å². The lowest BCUT2D eigenvalue weighted by atomic mass is 10.0. The van der Waals surface area contributed by atoms with Crippen molar-refractivity contribution in [2.45, 2.75) is 0 Å². The summed E-state index contributed by atoms with van der Waals surface area (Å²) in [5, 5.41) is 2.88. The molecule has 0 atom stereocenters. The number of likely N-dealkylation sites (N-methyl/N-ethyl adjacent to an activating group) is 1. The number of hydrogen-bond acceptors (Lipinski definition) is 6. The highest BCUT2D eigenvalue weighted by Crippen LogP contribution is 2.29. The van der Waals surface area contributed by atoms with E-state index in [4.69, 9.17) is 4.42 Å². The van der Waals surface area contributed by atoms with Gasteiger partial charge < -0.3 is 14.6 Å². The summed E-state index contributed by atoms with van der Waals surface area (Å²) in [5.41, 5.74) is -0.366. The quantitative estimate of drug-likeness (QED) is 0.892. The minimum atomic E-state index is -1.15. The zero-order valence-electron chi connectivity index (χ0n) is 13.6. The molecule has 1 aliphatic carbocycles. The molecule has 1 N–H and O–H groups in total. The van der Waals surface area contributed by atoms with E-state index >= 15 is 0 Å². The second kappa shape index (κ2) is 6.56. The number of nitrogens with one attached hydrogen (secondary N) is 1. The molecule has 1 aromatic heterocycles. The summed E-state index contributed by atoms with van der Waals surface area (Å²) in [5.74, 6) is -3.90. The Kier molecular flexibility index (Phi) is 4.45. The van der Waals surface area contributed by atoms with E-state index < -0.39 is 23.2 Å². The van der Waals surface area contributed by atoms with Crippen LogP contribution in [-0.4, -0.2) is 48.6 Å². The number of carbonyl (C=O) groups excluding carboxylic acids is 2. The highest BCUT2D eigenvalue weighted by atomic mass is 19.2. The fraction of sp³-hybridized carbons (Fsp3) is 0.235. The summed E-state index contributed by atoms with van der Waals surface area (Å²) in [6.07, 6.45) is 1.12. The zero-order chi connectivity index (χ0) is 18.1. The molecule has 1 heterocycles. The van der Waals surface area contributed by atoms with Crippen LogP contribution in [0.1, 0.15) is 21.0 Å². The number of Topliss-reactive ketones (excluding diaryl/α,β-unsaturated/α-hetero) is 1. The zero-order valence-corrected chi connectivity index (χ0v) is 13.6. The van der Waals surface area contributed by atoms with E-state index in [-0.39, 0.29) is 28.6 Å². The second-order valence-electron chi connectivity index (χ2n) is 5.78. The maximum Gasteiger partial charge on any atom is 0.231 e. The molecule has 6 nitrogen and oxygen atoms in total. The molecule has 0 saturated carbocycles. The van der Waals surface area contributed by atoms with Gasteiger partial charge in [0.25, 0.3) is 0 Å². The molecule has 0 bridgehead atoms. The molecule has 0 spiro atoms. The van der Waals surface area contributed by atoms with Crippen molar-refractivity contribution in [2.24, 2.45) is 0 Å². The third-order valence-corrected chi connectivity index (χ3v) is 3.64. The summed E-state index contributed by atoms with van der Waals surface area (Å²) in [6.45, 7) is 1.11. The Morgan fingerprint density at radius 2 is 2.00 bits per heavy atom. The van der Waals surface area contributed by atoms with Gasteiger partial charge in [0, 0.05) is 19.2 Å². The number of fused-ring (bicyclic) bond motifs is 1. The number of aromatic nitrogens is 1. The van der Waals surface area contributed by atoms with Crippen LogP contribution in [0.5, 0.6) is 0 Å². The molecule has 0 aliphatic heterocycles. The molecule has 8 heteroatoms. The molecule has 0 saturated heterocycles. The number of hydrogen-bond donors (Lipinski definition) is 1. The molecule has 0 amide bonds. The predicted molar refractivity (Wildman–Crippen MR) is 85.2 cm³/mol. The van der Waals surface area contributed by atoms with Crippen LogP contribution in [0.15, 0.2) is 34.4 Å². The third kappa shape index (κ3) is 3.20. The fourth-order valence-electron chi connectivity index (χ4n) is 2.36. The van der Waals surface area contributed by atoms with E-state index in [9.17, 15) is 18.4 Å². The van der Waals surface area contributed by atoms with Crippen LogP contribution in [0, 0.1) is 11.6 Å². The Balaban J connectivity index is 1.91. The predicted octanol–water partition coefficient (Wildman–Crippen LogP) is 2.03.